The number of rotatable bonds is 6. The van der Waals surface area contributed by atoms with Crippen LogP contribution in [0.25, 0.3) is 28.1 Å². The molecule has 0 aliphatic carbocycles. The van der Waals surface area contributed by atoms with Gasteiger partial charge in [0.2, 0.25) is 0 Å². The van der Waals surface area contributed by atoms with E-state index in [-0.39, 0.29) is 5.54 Å². The lowest BCUT2D eigenvalue weighted by atomic mass is 10.0. The number of nitrogens with one attached hydrogen (secondary N) is 1. The van der Waals surface area contributed by atoms with Crippen molar-refractivity contribution in [2.75, 3.05) is 25.1 Å². The van der Waals surface area contributed by atoms with Crippen molar-refractivity contribution in [2.45, 2.75) is 32.9 Å². The van der Waals surface area contributed by atoms with E-state index in [9.17, 15) is 0 Å². The smallest absolute Gasteiger partial charge is 0.171 e. The summed E-state index contributed by atoms with van der Waals surface area (Å²) in [6.45, 7) is 12.7. The van der Waals surface area contributed by atoms with Gasteiger partial charge in [0, 0.05) is 44.3 Å². The van der Waals surface area contributed by atoms with Crippen molar-refractivity contribution >= 4 is 22.5 Å². The van der Waals surface area contributed by atoms with Crippen LogP contribution < -0.4 is 15.0 Å². The Morgan fingerprint density at radius 2 is 2.06 bits per heavy atom. The molecular formula is C26H31N7O. The maximum absolute atomic E-state index is 6.16. The number of aryl methyl sites for hydroxylation is 1. The first-order chi connectivity index (χ1) is 16.3. The van der Waals surface area contributed by atoms with E-state index < -0.39 is 0 Å². The van der Waals surface area contributed by atoms with E-state index in [1.165, 1.54) is 0 Å². The fourth-order valence-corrected chi connectivity index (χ4v) is 4.62. The highest BCUT2D eigenvalue weighted by Gasteiger charge is 2.34. The molecule has 0 amide bonds. The summed E-state index contributed by atoms with van der Waals surface area (Å²) in [4.78, 5) is 12.2. The summed E-state index contributed by atoms with van der Waals surface area (Å²) in [5.74, 6) is 2.50. The van der Waals surface area contributed by atoms with E-state index >= 15 is 0 Å². The van der Waals surface area contributed by atoms with Crippen molar-refractivity contribution in [1.82, 2.24) is 29.6 Å². The largest absolute Gasteiger partial charge is 0.487 e. The fraction of sp³-hybridized carbons (Fsp3) is 0.346. The first-order valence-corrected chi connectivity index (χ1v) is 11.6. The molecule has 1 aliphatic rings. The number of hydrogen-bond acceptors (Lipinski definition) is 6. The van der Waals surface area contributed by atoms with Crippen molar-refractivity contribution < 1.29 is 4.74 Å². The van der Waals surface area contributed by atoms with Crippen LogP contribution in [0.15, 0.2) is 49.3 Å². The van der Waals surface area contributed by atoms with Crippen molar-refractivity contribution in [3.63, 3.8) is 0 Å². The summed E-state index contributed by atoms with van der Waals surface area (Å²) in [7, 11) is 3.80. The van der Waals surface area contributed by atoms with Gasteiger partial charge in [0.25, 0.3) is 0 Å². The van der Waals surface area contributed by atoms with Crippen molar-refractivity contribution in [2.24, 2.45) is 7.05 Å². The molecule has 8 nitrogen and oxygen atoms in total. The number of hydrogen-bond donors (Lipinski definition) is 1. The zero-order chi connectivity index (χ0) is 24.0. The topological polar surface area (TPSA) is 73.0 Å². The predicted octanol–water partition coefficient (Wildman–Crippen LogP) is 4.07. The molecule has 4 heterocycles. The highest BCUT2D eigenvalue weighted by Crippen LogP contribution is 2.39. The van der Waals surface area contributed by atoms with E-state index in [0.29, 0.717) is 13.2 Å². The minimum Gasteiger partial charge on any atom is -0.487 e. The van der Waals surface area contributed by atoms with E-state index in [4.69, 9.17) is 14.7 Å². The molecule has 3 aromatic heterocycles. The second-order valence-corrected chi connectivity index (χ2v) is 9.33. The Hall–Kier alpha value is -3.81. The Labute approximate surface area is 199 Å². The van der Waals surface area contributed by atoms with E-state index in [2.05, 4.69) is 71.5 Å². The maximum Gasteiger partial charge on any atom is 0.171 e. The number of aromatic nitrogens is 5. The van der Waals surface area contributed by atoms with Crippen LogP contribution in [0, 0.1) is 0 Å². The molecule has 5 rings (SSSR count). The molecule has 0 radical (unpaired) electrons. The van der Waals surface area contributed by atoms with Crippen LogP contribution >= 0.6 is 0 Å². The second-order valence-electron chi connectivity index (χ2n) is 9.33. The number of pyridine rings is 1. The van der Waals surface area contributed by atoms with Gasteiger partial charge in [-0.3, -0.25) is 4.68 Å². The maximum atomic E-state index is 6.16. The lowest BCUT2D eigenvalue weighted by molar-refractivity contribution is 0.211. The van der Waals surface area contributed by atoms with Crippen molar-refractivity contribution in [3.8, 4) is 17.1 Å². The van der Waals surface area contributed by atoms with Gasteiger partial charge in [0.15, 0.2) is 11.6 Å². The SMILES string of the molecule is C=C(NC)c1ccc2c(c1)nc(-c1cnc3c(c1)OCC(C)(C)N3CC)n2Cc1ccn(C)n1. The molecule has 1 aromatic carbocycles. The first-order valence-electron chi connectivity index (χ1n) is 11.6. The molecular weight excluding hydrogens is 426 g/mol. The van der Waals surface area contributed by atoms with E-state index in [1.54, 1.807) is 0 Å². The summed E-state index contributed by atoms with van der Waals surface area (Å²) in [5, 5.41) is 7.71. The average molecular weight is 458 g/mol. The third kappa shape index (κ3) is 3.69. The molecule has 0 unspecified atom stereocenters. The first kappa shape index (κ1) is 22.0. The Bertz CT molecular complexity index is 1380. The summed E-state index contributed by atoms with van der Waals surface area (Å²) >= 11 is 0. The molecule has 8 heteroatoms. The summed E-state index contributed by atoms with van der Waals surface area (Å²) < 4.78 is 10.2. The number of ether oxygens (including phenoxy) is 1. The number of nitrogens with zero attached hydrogens (tertiary/aromatic N) is 6. The van der Waals surface area contributed by atoms with Crippen LogP contribution in [-0.2, 0) is 13.6 Å². The molecule has 34 heavy (non-hydrogen) atoms. The van der Waals surface area contributed by atoms with Crippen LogP contribution in [0.4, 0.5) is 5.82 Å². The molecule has 4 aromatic rings. The average Bonchev–Trinajstić information content (AvgIpc) is 3.40. The van der Waals surface area contributed by atoms with Gasteiger partial charge in [-0.15, -0.1) is 0 Å². The molecule has 1 aliphatic heterocycles. The Balaban J connectivity index is 1.64. The van der Waals surface area contributed by atoms with Crippen LogP contribution in [0.3, 0.4) is 0 Å². The highest BCUT2D eigenvalue weighted by molar-refractivity contribution is 5.84. The van der Waals surface area contributed by atoms with Crippen LogP contribution in [0.2, 0.25) is 0 Å². The van der Waals surface area contributed by atoms with Crippen LogP contribution in [0.1, 0.15) is 32.0 Å². The number of anilines is 1. The lowest BCUT2D eigenvalue weighted by Crippen LogP contribution is -2.51. The Morgan fingerprint density at radius 1 is 1.24 bits per heavy atom. The van der Waals surface area contributed by atoms with Gasteiger partial charge >= 0.3 is 0 Å². The van der Waals surface area contributed by atoms with Crippen molar-refractivity contribution in [3.05, 3.63) is 60.6 Å². The minimum atomic E-state index is -0.103. The monoisotopic (exact) mass is 457 g/mol. The normalized spacial score (nSPS) is 14.7. The van der Waals surface area contributed by atoms with Gasteiger partial charge in [-0.2, -0.15) is 5.10 Å². The second kappa shape index (κ2) is 8.20. The Morgan fingerprint density at radius 3 is 2.76 bits per heavy atom. The number of imidazole rings is 1. The highest BCUT2D eigenvalue weighted by atomic mass is 16.5. The molecule has 176 valence electrons. The van der Waals surface area contributed by atoms with Gasteiger partial charge in [-0.25, -0.2) is 9.97 Å². The molecule has 0 atom stereocenters. The third-order valence-corrected chi connectivity index (χ3v) is 6.46. The van der Waals surface area contributed by atoms with Gasteiger partial charge < -0.3 is 19.5 Å². The number of fused-ring (bicyclic) bond motifs is 2. The van der Waals surface area contributed by atoms with E-state index in [1.807, 2.05) is 37.2 Å². The van der Waals surface area contributed by atoms with Crippen molar-refractivity contribution in [1.29, 1.82) is 0 Å². The van der Waals surface area contributed by atoms with Gasteiger partial charge in [-0.1, -0.05) is 12.6 Å². The molecule has 0 bridgehead atoms. The zero-order valence-electron chi connectivity index (χ0n) is 20.5. The van der Waals surface area contributed by atoms with Gasteiger partial charge in [-0.05, 0) is 50.6 Å². The van der Waals surface area contributed by atoms with E-state index in [0.717, 1.165) is 57.5 Å². The summed E-state index contributed by atoms with van der Waals surface area (Å²) in [6, 6.07) is 10.3. The standard InChI is InChI=1S/C26H31N7O/c1-7-33-25-23(34-16-26(33,3)4)13-19(14-28-25)24-29-21-12-18(17(2)27-5)8-9-22(21)32(24)15-20-10-11-31(6)30-20/h8-14,27H,2,7,15-16H2,1,3-6H3. The zero-order valence-corrected chi connectivity index (χ0v) is 20.5. The summed E-state index contributed by atoms with van der Waals surface area (Å²) in [5.41, 5.74) is 5.57. The molecule has 0 fully saturated rings. The quantitative estimate of drug-likeness (QED) is 0.471. The Kier molecular flexibility index (Phi) is 5.31. The molecule has 1 N–H and O–H groups in total. The van der Waals surface area contributed by atoms with Crippen LogP contribution in [0.5, 0.6) is 5.75 Å². The van der Waals surface area contributed by atoms with Crippen LogP contribution in [-0.4, -0.2) is 50.1 Å². The third-order valence-electron chi connectivity index (χ3n) is 6.46. The van der Waals surface area contributed by atoms with Gasteiger partial charge in [0.05, 0.1) is 28.8 Å². The molecule has 0 saturated carbocycles. The number of benzene rings is 1. The number of likely N-dealkylation sites (N-methyl/N-ethyl adjacent to an activating group) is 1. The van der Waals surface area contributed by atoms with Gasteiger partial charge in [0.1, 0.15) is 12.4 Å². The summed E-state index contributed by atoms with van der Waals surface area (Å²) in [6.07, 6.45) is 3.86. The minimum absolute atomic E-state index is 0.103. The fourth-order valence-electron chi connectivity index (χ4n) is 4.62. The predicted molar refractivity (Wildman–Crippen MR) is 136 cm³/mol. The lowest BCUT2D eigenvalue weighted by Gasteiger charge is -2.43. The molecule has 0 spiro atoms. The molecule has 0 saturated heterocycles.